The molecular weight excluding hydrogens is 516 g/mol. The maximum Gasteiger partial charge on any atom is 0.321 e. The number of aliphatic carboxylic acids is 1. The zero-order chi connectivity index (χ0) is 26.3. The summed E-state index contributed by atoms with van der Waals surface area (Å²) in [4.78, 5) is 39.4. The van der Waals surface area contributed by atoms with Crippen LogP contribution in [0.25, 0.3) is 20.8 Å². The van der Waals surface area contributed by atoms with Crippen molar-refractivity contribution in [3.63, 3.8) is 0 Å². The summed E-state index contributed by atoms with van der Waals surface area (Å²) >= 11 is 1.52. The van der Waals surface area contributed by atoms with Crippen LogP contribution in [-0.4, -0.2) is 72.9 Å². The first kappa shape index (κ1) is 26.8. The molecule has 13 nitrogen and oxygen atoms in total. The molecule has 36 heavy (non-hydrogen) atoms. The van der Waals surface area contributed by atoms with Crippen LogP contribution in [-0.2, 0) is 24.5 Å². The largest absolute Gasteiger partial charge is 0.493 e. The summed E-state index contributed by atoms with van der Waals surface area (Å²) in [6.07, 6.45) is 0. The number of methoxy groups -OCH3 is 1. The molecule has 0 spiro atoms. The number of para-hydroxylation sites is 1. The number of carbonyl (C=O) groups excluding carboxylic acids is 2. The van der Waals surface area contributed by atoms with Crippen LogP contribution in [0.1, 0.15) is 0 Å². The van der Waals surface area contributed by atoms with Gasteiger partial charge in [0.2, 0.25) is 0 Å². The van der Waals surface area contributed by atoms with Crippen molar-refractivity contribution in [2.75, 3.05) is 26.0 Å². The molecule has 5 N–H and O–H groups in total. The summed E-state index contributed by atoms with van der Waals surface area (Å²) in [5, 5.41) is 11.9. The second-order valence-electron chi connectivity index (χ2n) is 7.26. The molecule has 1 aromatic heterocycles. The number of thiazole rings is 1. The first-order chi connectivity index (χ1) is 17.1. The van der Waals surface area contributed by atoms with Gasteiger partial charge >= 0.3 is 5.97 Å². The van der Waals surface area contributed by atoms with Gasteiger partial charge in [-0.15, -0.1) is 11.3 Å². The molecule has 0 saturated heterocycles. The number of carbonyl (C=O) groups is 3. The van der Waals surface area contributed by atoms with Crippen molar-refractivity contribution < 1.29 is 41.9 Å². The van der Waals surface area contributed by atoms with Gasteiger partial charge in [0.05, 0.1) is 23.9 Å². The molecule has 3 rings (SSSR count). The van der Waals surface area contributed by atoms with Crippen molar-refractivity contribution in [3.8, 4) is 22.1 Å². The Morgan fingerprint density at radius 2 is 1.81 bits per heavy atom. The number of carboxylic acids is 1. The Bertz CT molecular complexity index is 1340. The third-order valence-corrected chi connectivity index (χ3v) is 6.43. The van der Waals surface area contributed by atoms with Gasteiger partial charge in [-0.1, -0.05) is 12.1 Å². The molecule has 2 aromatic carbocycles. The molecule has 15 heteroatoms. The molecule has 1 heterocycles. The van der Waals surface area contributed by atoms with E-state index in [1.54, 1.807) is 18.2 Å². The number of rotatable bonds is 11. The molecule has 0 aliphatic rings. The number of carboxylic acid groups (broad SMARTS) is 1. The molecule has 1 atom stereocenters. The van der Waals surface area contributed by atoms with Crippen LogP contribution in [0.15, 0.2) is 42.5 Å². The lowest BCUT2D eigenvalue weighted by atomic mass is 10.2. The highest BCUT2D eigenvalue weighted by Crippen LogP contribution is 2.35. The average Bonchev–Trinajstić information content (AvgIpc) is 3.27. The van der Waals surface area contributed by atoms with Crippen LogP contribution in [0.4, 0.5) is 0 Å². The molecule has 3 aromatic rings. The Morgan fingerprint density at radius 3 is 2.47 bits per heavy atom. The molecule has 0 saturated carbocycles. The fourth-order valence-electron chi connectivity index (χ4n) is 2.92. The quantitative estimate of drug-likeness (QED) is 0.168. The zero-order valence-corrected chi connectivity index (χ0v) is 20.4. The van der Waals surface area contributed by atoms with Crippen molar-refractivity contribution in [2.45, 2.75) is 6.04 Å². The Morgan fingerprint density at radius 1 is 1.08 bits per heavy atom. The highest BCUT2D eigenvalue weighted by molar-refractivity contribution is 7.85. The van der Waals surface area contributed by atoms with E-state index in [-0.39, 0.29) is 5.75 Å². The molecule has 2 amide bonds. The number of amides is 2. The fraction of sp³-hybridized carbons (Fsp3) is 0.238. The van der Waals surface area contributed by atoms with Crippen molar-refractivity contribution in [1.82, 2.24) is 21.2 Å². The first-order valence-corrected chi connectivity index (χ1v) is 12.6. The van der Waals surface area contributed by atoms with E-state index >= 15 is 0 Å². The molecule has 0 aliphatic carbocycles. The molecular formula is C21H22N4O9S2. The van der Waals surface area contributed by atoms with Crippen LogP contribution in [0.5, 0.6) is 11.5 Å². The number of aromatic nitrogens is 1. The topological polar surface area (TPSA) is 193 Å². The van der Waals surface area contributed by atoms with Crippen molar-refractivity contribution in [1.29, 1.82) is 0 Å². The van der Waals surface area contributed by atoms with Crippen LogP contribution >= 0.6 is 11.3 Å². The average molecular weight is 539 g/mol. The predicted molar refractivity (Wildman–Crippen MR) is 129 cm³/mol. The minimum atomic E-state index is -4.58. The molecule has 0 unspecified atom stereocenters. The normalized spacial score (nSPS) is 12.1. The highest BCUT2D eigenvalue weighted by atomic mass is 32.2. The first-order valence-electron chi connectivity index (χ1n) is 10.2. The second kappa shape index (κ2) is 11.8. The van der Waals surface area contributed by atoms with Crippen LogP contribution < -0.4 is 25.6 Å². The van der Waals surface area contributed by atoms with E-state index in [0.29, 0.717) is 5.75 Å². The van der Waals surface area contributed by atoms with Gasteiger partial charge in [0.1, 0.15) is 16.8 Å². The monoisotopic (exact) mass is 538 g/mol. The SMILES string of the molecule is COc1cc(-c2nc3ccccc3s2)ccc1OCC(=O)NNC(=O)CN[C@@H](CS(=O)(=O)O)C(=O)O. The van der Waals surface area contributed by atoms with Crippen molar-refractivity contribution >= 4 is 49.5 Å². The van der Waals surface area contributed by atoms with Crippen LogP contribution in [0, 0.1) is 0 Å². The number of benzene rings is 2. The van der Waals surface area contributed by atoms with Crippen molar-refractivity contribution in [2.24, 2.45) is 0 Å². The lowest BCUT2D eigenvalue weighted by Gasteiger charge is -2.14. The fourth-order valence-corrected chi connectivity index (χ4v) is 4.57. The van der Waals surface area contributed by atoms with E-state index < -0.39 is 52.8 Å². The van der Waals surface area contributed by atoms with E-state index in [2.05, 4.69) is 15.7 Å². The predicted octanol–water partition coefficient (Wildman–Crippen LogP) is 0.429. The lowest BCUT2D eigenvalue weighted by molar-refractivity contribution is -0.139. The summed E-state index contributed by atoms with van der Waals surface area (Å²) < 4.78 is 42.3. The maximum atomic E-state index is 12.0. The van der Waals surface area contributed by atoms with E-state index in [1.807, 2.05) is 29.7 Å². The van der Waals surface area contributed by atoms with E-state index in [0.717, 1.165) is 20.8 Å². The summed E-state index contributed by atoms with van der Waals surface area (Å²) in [5.74, 6) is -3.65. The minimum Gasteiger partial charge on any atom is -0.493 e. The zero-order valence-electron chi connectivity index (χ0n) is 18.8. The van der Waals surface area contributed by atoms with Gasteiger partial charge in [0.25, 0.3) is 21.9 Å². The van der Waals surface area contributed by atoms with Gasteiger partial charge in [-0.05, 0) is 30.3 Å². The maximum absolute atomic E-state index is 12.0. The molecule has 0 radical (unpaired) electrons. The third kappa shape index (κ3) is 7.61. The van der Waals surface area contributed by atoms with Gasteiger partial charge in [-0.25, -0.2) is 4.98 Å². The number of fused-ring (bicyclic) bond motifs is 1. The van der Waals surface area contributed by atoms with Gasteiger partial charge in [-0.2, -0.15) is 8.42 Å². The standard InChI is InChI=1S/C21H22N4O9S2/c1-33-16-8-12(20-23-13-4-2-3-5-17(13)35-20)6-7-15(16)34-10-19(27)25-24-18(26)9-22-14(21(28)29)11-36(30,31)32/h2-8,14,22H,9-11H2,1H3,(H,24,26)(H,25,27)(H,28,29)(H,30,31,32)/t14-/m0/s1. The van der Waals surface area contributed by atoms with Crippen LogP contribution in [0.2, 0.25) is 0 Å². The number of hydrogen-bond donors (Lipinski definition) is 5. The Labute approximate surface area is 209 Å². The van der Waals surface area contributed by atoms with E-state index in [4.69, 9.17) is 19.1 Å². The van der Waals surface area contributed by atoms with Gasteiger partial charge in [0.15, 0.2) is 18.1 Å². The number of nitrogens with one attached hydrogen (secondary N) is 3. The van der Waals surface area contributed by atoms with Crippen molar-refractivity contribution in [3.05, 3.63) is 42.5 Å². The minimum absolute atomic E-state index is 0.278. The van der Waals surface area contributed by atoms with Gasteiger partial charge in [-0.3, -0.25) is 35.1 Å². The summed E-state index contributed by atoms with van der Waals surface area (Å²) in [5.41, 5.74) is 5.78. The van der Waals surface area contributed by atoms with Gasteiger partial charge < -0.3 is 14.6 Å². The van der Waals surface area contributed by atoms with E-state index in [1.165, 1.54) is 18.4 Å². The number of hydrazine groups is 1. The Kier molecular flexibility index (Phi) is 8.76. The molecule has 0 aliphatic heterocycles. The summed E-state index contributed by atoms with van der Waals surface area (Å²) in [7, 11) is -3.13. The lowest BCUT2D eigenvalue weighted by Crippen LogP contribution is -2.50. The Balaban J connectivity index is 1.50. The third-order valence-electron chi connectivity index (χ3n) is 4.59. The number of ether oxygens (including phenoxy) is 2. The van der Waals surface area contributed by atoms with Crippen LogP contribution in [0.3, 0.4) is 0 Å². The molecule has 0 bridgehead atoms. The highest BCUT2D eigenvalue weighted by Gasteiger charge is 2.24. The summed E-state index contributed by atoms with van der Waals surface area (Å²) in [6.45, 7) is -1.13. The number of hydrogen-bond acceptors (Lipinski definition) is 10. The molecule has 192 valence electrons. The second-order valence-corrected chi connectivity index (χ2v) is 9.79. The summed E-state index contributed by atoms with van der Waals surface area (Å²) in [6, 6.07) is 11.1. The van der Waals surface area contributed by atoms with Gasteiger partial charge in [0, 0.05) is 5.56 Å². The Hall–Kier alpha value is -3.79. The van der Waals surface area contributed by atoms with E-state index in [9.17, 15) is 22.8 Å². The smallest absolute Gasteiger partial charge is 0.321 e. The number of nitrogens with zero attached hydrogens (tertiary/aromatic N) is 1. The molecule has 0 fully saturated rings.